The molecule has 0 bridgehead atoms. The number of esters is 1. The molecule has 1 saturated heterocycles. The largest absolute Gasteiger partial charge is 0.497 e. The van der Waals surface area contributed by atoms with E-state index in [9.17, 15) is 4.79 Å². The zero-order valence-electron chi connectivity index (χ0n) is 19.7. The third-order valence-corrected chi connectivity index (χ3v) is 6.33. The van der Waals surface area contributed by atoms with E-state index in [1.165, 1.54) is 11.3 Å². The van der Waals surface area contributed by atoms with Gasteiger partial charge in [-0.25, -0.2) is 9.78 Å². The maximum absolute atomic E-state index is 12.2. The second-order valence-electron chi connectivity index (χ2n) is 7.73. The van der Waals surface area contributed by atoms with Gasteiger partial charge in [-0.15, -0.1) is 0 Å². The van der Waals surface area contributed by atoms with Gasteiger partial charge in [0.15, 0.2) is 5.13 Å². The van der Waals surface area contributed by atoms with Crippen molar-refractivity contribution in [2.24, 2.45) is 0 Å². The van der Waals surface area contributed by atoms with E-state index in [0.29, 0.717) is 39.9 Å². The van der Waals surface area contributed by atoms with Crippen LogP contribution < -0.4 is 19.7 Å². The van der Waals surface area contributed by atoms with Gasteiger partial charge in [0.25, 0.3) is 0 Å². The Bertz CT molecular complexity index is 1130. The zero-order valence-corrected chi connectivity index (χ0v) is 20.5. The molecule has 0 unspecified atom stereocenters. The first kappa shape index (κ1) is 23.7. The summed E-state index contributed by atoms with van der Waals surface area (Å²) in [5.41, 5.74) is 0.593. The molecule has 10 nitrogen and oxygen atoms in total. The fraction of sp³-hybridized carbons (Fsp3) is 0.391. The molecule has 3 heterocycles. The van der Waals surface area contributed by atoms with Crippen molar-refractivity contribution in [3.8, 4) is 17.4 Å². The van der Waals surface area contributed by atoms with Crippen LogP contribution in [0.4, 0.5) is 16.9 Å². The van der Waals surface area contributed by atoms with Gasteiger partial charge >= 0.3 is 5.97 Å². The van der Waals surface area contributed by atoms with E-state index in [4.69, 9.17) is 19.2 Å². The molecule has 1 aliphatic heterocycles. The van der Waals surface area contributed by atoms with Crippen LogP contribution in [0.15, 0.2) is 30.3 Å². The highest BCUT2D eigenvalue weighted by Crippen LogP contribution is 2.30. The number of hydrogen-bond donors (Lipinski definition) is 1. The lowest BCUT2D eigenvalue weighted by atomic mass is 10.3. The number of nitrogens with one attached hydrogen (secondary N) is 1. The summed E-state index contributed by atoms with van der Waals surface area (Å²) < 4.78 is 16.4. The molecule has 180 valence electrons. The van der Waals surface area contributed by atoms with Crippen LogP contribution in [-0.4, -0.2) is 72.8 Å². The summed E-state index contributed by atoms with van der Waals surface area (Å²) in [5, 5.41) is 3.64. The van der Waals surface area contributed by atoms with E-state index in [1.54, 1.807) is 21.0 Å². The zero-order chi connectivity index (χ0) is 24.1. The van der Waals surface area contributed by atoms with Crippen LogP contribution in [0, 0.1) is 6.92 Å². The van der Waals surface area contributed by atoms with Crippen LogP contribution in [0.3, 0.4) is 0 Å². The first-order chi connectivity index (χ1) is 16.4. The molecule has 0 saturated carbocycles. The number of piperazine rings is 1. The Morgan fingerprint density at radius 3 is 2.47 bits per heavy atom. The molecule has 11 heteroatoms. The maximum Gasteiger partial charge on any atom is 0.350 e. The Morgan fingerprint density at radius 2 is 1.79 bits per heavy atom. The first-order valence-electron chi connectivity index (χ1n) is 11.0. The molecule has 0 aliphatic carbocycles. The topological polar surface area (TPSA) is 102 Å². The first-order valence-corrected chi connectivity index (χ1v) is 11.8. The highest BCUT2D eigenvalue weighted by molar-refractivity contribution is 7.17. The van der Waals surface area contributed by atoms with Crippen molar-refractivity contribution in [1.82, 2.24) is 19.9 Å². The number of aromatic nitrogens is 3. The molecule has 0 spiro atoms. The van der Waals surface area contributed by atoms with E-state index in [0.717, 1.165) is 37.7 Å². The van der Waals surface area contributed by atoms with Gasteiger partial charge in [0.05, 0.1) is 19.4 Å². The Kier molecular flexibility index (Phi) is 7.43. The number of methoxy groups -OCH3 is 1. The smallest absolute Gasteiger partial charge is 0.350 e. The predicted molar refractivity (Wildman–Crippen MR) is 131 cm³/mol. The van der Waals surface area contributed by atoms with E-state index in [1.807, 2.05) is 30.3 Å². The molecule has 1 aliphatic rings. The molecule has 4 rings (SSSR count). The van der Waals surface area contributed by atoms with Crippen LogP contribution >= 0.6 is 11.3 Å². The SMILES string of the molecule is CCOC(=O)c1sc(Nc2nc(Oc3ccc(OC)cc3)cc(N3CCN(C)CC3)n2)nc1C. The number of benzene rings is 1. The summed E-state index contributed by atoms with van der Waals surface area (Å²) in [6.45, 7) is 7.42. The molecule has 34 heavy (non-hydrogen) atoms. The summed E-state index contributed by atoms with van der Waals surface area (Å²) in [7, 11) is 3.72. The van der Waals surface area contributed by atoms with E-state index in [-0.39, 0.29) is 5.97 Å². The van der Waals surface area contributed by atoms with Gasteiger partial charge in [0.2, 0.25) is 11.8 Å². The summed E-state index contributed by atoms with van der Waals surface area (Å²) >= 11 is 1.21. The maximum atomic E-state index is 12.2. The average Bonchev–Trinajstić information content (AvgIpc) is 3.20. The van der Waals surface area contributed by atoms with E-state index < -0.39 is 0 Å². The fourth-order valence-corrected chi connectivity index (χ4v) is 4.27. The number of aryl methyl sites for hydroxylation is 1. The highest BCUT2D eigenvalue weighted by Gasteiger charge is 2.20. The van der Waals surface area contributed by atoms with E-state index >= 15 is 0 Å². The molecule has 1 fully saturated rings. The lowest BCUT2D eigenvalue weighted by Gasteiger charge is -2.33. The van der Waals surface area contributed by atoms with Gasteiger partial charge in [-0.2, -0.15) is 9.97 Å². The number of anilines is 3. The molecule has 2 aromatic heterocycles. The van der Waals surface area contributed by atoms with Gasteiger partial charge in [0.1, 0.15) is 22.2 Å². The Balaban J connectivity index is 1.61. The Morgan fingerprint density at radius 1 is 1.09 bits per heavy atom. The van der Waals surface area contributed by atoms with Crippen molar-refractivity contribution in [2.45, 2.75) is 13.8 Å². The van der Waals surface area contributed by atoms with E-state index in [2.05, 4.69) is 32.1 Å². The Labute approximate surface area is 202 Å². The van der Waals surface area contributed by atoms with Crippen LogP contribution in [0.1, 0.15) is 22.3 Å². The standard InChI is InChI=1S/C23H28N6O4S/c1-5-32-21(30)20-15(2)24-23(34-20)27-22-25-18(29-12-10-28(3)11-13-29)14-19(26-22)33-17-8-6-16(31-4)7-9-17/h6-9,14H,5,10-13H2,1-4H3,(H,24,25,26,27). The van der Waals surface area contributed by atoms with Crippen LogP contribution in [-0.2, 0) is 4.74 Å². The number of nitrogens with zero attached hydrogens (tertiary/aromatic N) is 5. The van der Waals surface area contributed by atoms with Gasteiger partial charge in [-0.3, -0.25) is 5.32 Å². The molecule has 0 radical (unpaired) electrons. The molecular weight excluding hydrogens is 456 g/mol. The van der Waals surface area contributed by atoms with Gasteiger partial charge in [-0.1, -0.05) is 11.3 Å². The minimum Gasteiger partial charge on any atom is -0.497 e. The molecule has 0 amide bonds. The van der Waals surface area contributed by atoms with Crippen LogP contribution in [0.25, 0.3) is 0 Å². The minimum atomic E-state index is -0.388. The Hall–Kier alpha value is -3.44. The number of rotatable bonds is 8. The number of ether oxygens (including phenoxy) is 3. The third kappa shape index (κ3) is 5.72. The second kappa shape index (κ2) is 10.7. The fourth-order valence-electron chi connectivity index (χ4n) is 3.41. The van der Waals surface area contributed by atoms with Crippen LogP contribution in [0.5, 0.6) is 17.4 Å². The van der Waals surface area contributed by atoms with Crippen molar-refractivity contribution in [3.05, 3.63) is 40.9 Å². The molecule has 1 N–H and O–H groups in total. The van der Waals surface area contributed by atoms with Gasteiger partial charge < -0.3 is 24.0 Å². The lowest BCUT2D eigenvalue weighted by Crippen LogP contribution is -2.44. The third-order valence-electron chi connectivity index (χ3n) is 5.27. The van der Waals surface area contributed by atoms with Crippen molar-refractivity contribution < 1.29 is 19.0 Å². The number of likely N-dealkylation sites (N-methyl/N-ethyl adjacent to an activating group) is 1. The van der Waals surface area contributed by atoms with Crippen molar-refractivity contribution >= 4 is 34.2 Å². The van der Waals surface area contributed by atoms with Crippen molar-refractivity contribution in [1.29, 1.82) is 0 Å². The number of thiazole rings is 1. The number of carbonyl (C=O) groups excluding carboxylic acids is 1. The quantitative estimate of drug-likeness (QED) is 0.476. The molecular formula is C23H28N6O4S. The summed E-state index contributed by atoms with van der Waals surface area (Å²) in [6.07, 6.45) is 0. The number of carbonyl (C=O) groups is 1. The average molecular weight is 485 g/mol. The summed E-state index contributed by atoms with van der Waals surface area (Å²) in [5.74, 6) is 2.48. The summed E-state index contributed by atoms with van der Waals surface area (Å²) in [4.78, 5) is 30.8. The van der Waals surface area contributed by atoms with Gasteiger partial charge in [0, 0.05) is 32.2 Å². The molecule has 3 aromatic rings. The highest BCUT2D eigenvalue weighted by atomic mass is 32.1. The minimum absolute atomic E-state index is 0.307. The van der Waals surface area contributed by atoms with Crippen LogP contribution in [0.2, 0.25) is 0 Å². The van der Waals surface area contributed by atoms with Crippen molar-refractivity contribution in [2.75, 3.05) is 57.2 Å². The van der Waals surface area contributed by atoms with Gasteiger partial charge in [-0.05, 0) is 45.2 Å². The molecule has 1 aromatic carbocycles. The second-order valence-corrected chi connectivity index (χ2v) is 8.73. The normalized spacial score (nSPS) is 14.1. The molecule has 0 atom stereocenters. The van der Waals surface area contributed by atoms with Crippen molar-refractivity contribution in [3.63, 3.8) is 0 Å². The lowest BCUT2D eigenvalue weighted by molar-refractivity contribution is 0.0531. The monoisotopic (exact) mass is 484 g/mol. The number of hydrogen-bond acceptors (Lipinski definition) is 11. The predicted octanol–water partition coefficient (Wildman–Crippen LogP) is 3.71. The summed E-state index contributed by atoms with van der Waals surface area (Å²) in [6, 6.07) is 9.12.